The van der Waals surface area contributed by atoms with E-state index in [0.29, 0.717) is 10.8 Å². The molecule has 1 aromatic rings. The molecule has 0 aromatic carbocycles. The van der Waals surface area contributed by atoms with Crippen molar-refractivity contribution in [1.82, 2.24) is 14.9 Å². The first kappa shape index (κ1) is 28.4. The number of H-pyrrole nitrogens is 1. The van der Waals surface area contributed by atoms with Gasteiger partial charge in [-0.1, -0.05) is 0 Å². The van der Waals surface area contributed by atoms with E-state index in [2.05, 4.69) is 4.74 Å². The number of carboxylic acid groups (broad SMARTS) is 2. The summed E-state index contributed by atoms with van der Waals surface area (Å²) in [7, 11) is 0. The van der Waals surface area contributed by atoms with E-state index in [1.54, 1.807) is 4.98 Å². The number of aromatic nitrogens is 2. The van der Waals surface area contributed by atoms with Crippen molar-refractivity contribution in [2.45, 2.75) is 48.8 Å². The topological polar surface area (TPSA) is 327 Å². The minimum Gasteiger partial charge on any atom is -0.480 e. The number of aliphatic carboxylic acids is 1. The minimum atomic E-state index is -2.16. The van der Waals surface area contributed by atoms with Crippen molar-refractivity contribution in [2.24, 2.45) is 11.5 Å². The van der Waals surface area contributed by atoms with Gasteiger partial charge in [0.1, 0.15) is 48.7 Å². The molecule has 1 aromatic heterocycles. The number of rotatable bonds is 10. The summed E-state index contributed by atoms with van der Waals surface area (Å²) in [6.45, 7) is -0.857. The molecule has 2 heterocycles. The Hall–Kier alpha value is -3.88. The molecule has 1 fully saturated rings. The Bertz CT molecular complexity index is 1130. The van der Waals surface area contributed by atoms with E-state index in [1.807, 2.05) is 5.32 Å². The number of nitrogens with one attached hydrogen (secondary N) is 2. The fourth-order valence-electron chi connectivity index (χ4n) is 3.21. The van der Waals surface area contributed by atoms with Crippen molar-refractivity contribution in [2.75, 3.05) is 6.61 Å². The lowest BCUT2D eigenvalue weighted by atomic mass is 10.0. The number of primary amides is 1. The standard InChI is InChI=1S/C17H23N5O14/c18-5(7(24)4(23)2-35-16(19)33)12(28)20-6(15(31)32)10-8(25)9(26)13(36-10)22-1-3(14(29)30)11(27)21-17(22)34/h1,4-10,13,23-26H,2,18H2,(H2,19,33)(H,20,28)(H,29,30)(H,31,32)(H,21,27,34)/t4-,5-,6-,7+,8-,9+,10?,13+/m0/s1. The van der Waals surface area contributed by atoms with Crippen LogP contribution in [-0.2, 0) is 19.1 Å². The first-order valence-corrected chi connectivity index (χ1v) is 9.84. The molecule has 1 aliphatic heterocycles. The van der Waals surface area contributed by atoms with Gasteiger partial charge in [0, 0.05) is 6.20 Å². The van der Waals surface area contributed by atoms with Crippen LogP contribution in [0, 0.1) is 0 Å². The van der Waals surface area contributed by atoms with E-state index in [-0.39, 0.29) is 0 Å². The number of carbonyl (C=O) groups is 4. The molecule has 8 atom stereocenters. The third-order valence-corrected chi connectivity index (χ3v) is 5.10. The quantitative estimate of drug-likeness (QED) is 0.137. The van der Waals surface area contributed by atoms with Crippen LogP contribution < -0.4 is 28.0 Å². The average molecular weight is 521 g/mol. The van der Waals surface area contributed by atoms with Gasteiger partial charge in [0.2, 0.25) is 5.91 Å². The van der Waals surface area contributed by atoms with Gasteiger partial charge in [0.15, 0.2) is 12.3 Å². The second-order valence-electron chi connectivity index (χ2n) is 7.53. The number of aromatic amines is 1. The maximum Gasteiger partial charge on any atom is 0.404 e. The van der Waals surface area contributed by atoms with Crippen molar-refractivity contribution < 1.29 is 59.3 Å². The molecule has 0 spiro atoms. The van der Waals surface area contributed by atoms with Crippen molar-refractivity contribution in [3.63, 3.8) is 0 Å². The Kier molecular flexibility index (Phi) is 8.85. The molecule has 19 heteroatoms. The van der Waals surface area contributed by atoms with E-state index < -0.39 is 96.2 Å². The lowest BCUT2D eigenvalue weighted by Gasteiger charge is -2.27. The summed E-state index contributed by atoms with van der Waals surface area (Å²) in [6, 6.07) is -4.17. The zero-order valence-corrected chi connectivity index (χ0v) is 18.0. The summed E-state index contributed by atoms with van der Waals surface area (Å²) >= 11 is 0. The van der Waals surface area contributed by atoms with Crippen LogP contribution in [0.15, 0.2) is 15.8 Å². The van der Waals surface area contributed by atoms with E-state index in [4.69, 9.17) is 21.3 Å². The molecular formula is C17H23N5O14. The Morgan fingerprint density at radius 1 is 1.17 bits per heavy atom. The zero-order chi connectivity index (χ0) is 27.5. The molecule has 200 valence electrons. The Morgan fingerprint density at radius 2 is 1.78 bits per heavy atom. The van der Waals surface area contributed by atoms with Gasteiger partial charge in [0.25, 0.3) is 5.56 Å². The number of aromatic carboxylic acids is 1. The van der Waals surface area contributed by atoms with E-state index >= 15 is 0 Å². The minimum absolute atomic E-state index is 0.393. The highest BCUT2D eigenvalue weighted by molar-refractivity contribution is 5.88. The van der Waals surface area contributed by atoms with Gasteiger partial charge in [-0.3, -0.25) is 19.1 Å². The van der Waals surface area contributed by atoms with Crippen molar-refractivity contribution in [1.29, 1.82) is 0 Å². The smallest absolute Gasteiger partial charge is 0.404 e. The van der Waals surface area contributed by atoms with Crippen LogP contribution in [0.25, 0.3) is 0 Å². The monoisotopic (exact) mass is 521 g/mol. The Morgan fingerprint density at radius 3 is 2.31 bits per heavy atom. The van der Waals surface area contributed by atoms with Gasteiger partial charge < -0.3 is 56.9 Å². The summed E-state index contributed by atoms with van der Waals surface area (Å²) in [6.07, 6.45) is -12.8. The summed E-state index contributed by atoms with van der Waals surface area (Å²) in [5.74, 6) is -4.98. The highest BCUT2D eigenvalue weighted by atomic mass is 16.6. The first-order chi connectivity index (χ1) is 16.7. The van der Waals surface area contributed by atoms with Crippen LogP contribution in [0.3, 0.4) is 0 Å². The van der Waals surface area contributed by atoms with Gasteiger partial charge in [-0.05, 0) is 0 Å². The molecule has 2 amide bonds. The predicted molar refractivity (Wildman–Crippen MR) is 109 cm³/mol. The Balaban J connectivity index is 2.25. The highest BCUT2D eigenvalue weighted by Crippen LogP contribution is 2.30. The van der Waals surface area contributed by atoms with Crippen LogP contribution >= 0.6 is 0 Å². The van der Waals surface area contributed by atoms with Gasteiger partial charge in [-0.2, -0.15) is 0 Å². The summed E-state index contributed by atoms with van der Waals surface area (Å²) < 4.78 is 9.88. The number of aliphatic hydroxyl groups is 4. The number of ether oxygens (including phenoxy) is 2. The number of nitrogens with zero attached hydrogens (tertiary/aromatic N) is 1. The number of amides is 2. The summed E-state index contributed by atoms with van der Waals surface area (Å²) in [5, 5.41) is 60.7. The molecule has 1 aliphatic rings. The predicted octanol–water partition coefficient (Wildman–Crippen LogP) is -6.43. The molecule has 0 saturated carbocycles. The second-order valence-corrected chi connectivity index (χ2v) is 7.53. The summed E-state index contributed by atoms with van der Waals surface area (Å²) in [4.78, 5) is 71.3. The molecule has 2 rings (SSSR count). The van der Waals surface area contributed by atoms with Crippen LogP contribution in [0.1, 0.15) is 16.6 Å². The van der Waals surface area contributed by atoms with Crippen molar-refractivity contribution in [3.05, 3.63) is 32.6 Å². The molecular weight excluding hydrogens is 498 g/mol. The highest BCUT2D eigenvalue weighted by Gasteiger charge is 2.50. The molecule has 0 radical (unpaired) electrons. The van der Waals surface area contributed by atoms with Crippen molar-refractivity contribution in [3.8, 4) is 0 Å². The molecule has 36 heavy (non-hydrogen) atoms. The number of hydrogen-bond acceptors (Lipinski definition) is 13. The number of hydrogen-bond donors (Lipinski definition) is 10. The third kappa shape index (κ3) is 6.02. The fourth-order valence-corrected chi connectivity index (χ4v) is 3.21. The second kappa shape index (κ2) is 11.2. The summed E-state index contributed by atoms with van der Waals surface area (Å²) in [5.41, 5.74) is 6.72. The SMILES string of the molecule is NC(=O)OC[C@H](O)[C@@H](O)[C@H](N)C(=O)N[C@H](C(=O)O)C1O[C@@H](n2cc(C(=O)O)c(=O)[nH]c2=O)[C@H](O)[C@@H]1O. The van der Waals surface area contributed by atoms with Crippen LogP contribution in [0.2, 0.25) is 0 Å². The normalized spacial score (nSPS) is 24.8. The number of nitrogens with two attached hydrogens (primary N) is 2. The number of aliphatic hydroxyl groups excluding tert-OH is 4. The average Bonchev–Trinajstić information content (AvgIpc) is 3.08. The van der Waals surface area contributed by atoms with Gasteiger partial charge in [-0.15, -0.1) is 0 Å². The van der Waals surface area contributed by atoms with Crippen LogP contribution in [-0.4, -0.2) is 113 Å². The maximum absolute atomic E-state index is 12.4. The largest absolute Gasteiger partial charge is 0.480 e. The van der Waals surface area contributed by atoms with E-state index in [1.165, 1.54) is 0 Å². The van der Waals surface area contributed by atoms with Gasteiger partial charge >= 0.3 is 23.7 Å². The Labute approximate surface area is 198 Å². The number of carboxylic acids is 2. The molecule has 12 N–H and O–H groups in total. The third-order valence-electron chi connectivity index (χ3n) is 5.10. The maximum atomic E-state index is 12.4. The van der Waals surface area contributed by atoms with E-state index in [0.717, 1.165) is 0 Å². The van der Waals surface area contributed by atoms with Gasteiger partial charge in [0.05, 0.1) is 0 Å². The van der Waals surface area contributed by atoms with Crippen LogP contribution in [0.5, 0.6) is 0 Å². The first-order valence-electron chi connectivity index (χ1n) is 9.84. The van der Waals surface area contributed by atoms with Crippen molar-refractivity contribution >= 4 is 23.9 Å². The molecule has 0 bridgehead atoms. The lowest BCUT2D eigenvalue weighted by molar-refractivity contribution is -0.150. The molecule has 0 aliphatic carbocycles. The van der Waals surface area contributed by atoms with E-state index in [9.17, 15) is 54.3 Å². The zero-order valence-electron chi connectivity index (χ0n) is 18.0. The van der Waals surface area contributed by atoms with Gasteiger partial charge in [-0.25, -0.2) is 19.2 Å². The number of carbonyl (C=O) groups excluding carboxylic acids is 2. The fraction of sp³-hybridized carbons (Fsp3) is 0.529. The molecule has 1 saturated heterocycles. The molecule has 19 nitrogen and oxygen atoms in total. The lowest BCUT2D eigenvalue weighted by Crippen LogP contribution is -2.60. The van der Waals surface area contributed by atoms with Crippen LogP contribution in [0.4, 0.5) is 4.79 Å². The molecule has 1 unspecified atom stereocenters.